The molecule has 3 rings (SSSR count). The van der Waals surface area contributed by atoms with E-state index in [-0.39, 0.29) is 0 Å². The summed E-state index contributed by atoms with van der Waals surface area (Å²) in [5.41, 5.74) is 4.13. The maximum Gasteiger partial charge on any atom is 0.320 e. The second-order valence-corrected chi connectivity index (χ2v) is 4.01. The van der Waals surface area contributed by atoms with Gasteiger partial charge in [0.25, 0.3) is 0 Å². The molecule has 1 aromatic carbocycles. The van der Waals surface area contributed by atoms with Crippen LogP contribution >= 0.6 is 0 Å². The fourth-order valence-corrected chi connectivity index (χ4v) is 2.27. The molecule has 0 aromatic heterocycles. The third-order valence-electron chi connectivity index (χ3n) is 3.07. The van der Waals surface area contributed by atoms with E-state index in [1.54, 1.807) is 0 Å². The molecule has 1 nitrogen and oxygen atoms in total. The highest BCUT2D eigenvalue weighted by atomic mass is 15.0. The van der Waals surface area contributed by atoms with Gasteiger partial charge in [0.1, 0.15) is 0 Å². The van der Waals surface area contributed by atoms with E-state index in [0.717, 1.165) is 0 Å². The molecule has 0 aliphatic carbocycles. The summed E-state index contributed by atoms with van der Waals surface area (Å²) in [4.78, 5) is 2.24. The van der Waals surface area contributed by atoms with Crippen LogP contribution in [0, 0.1) is 6.92 Å². The third kappa shape index (κ3) is 1.25. The highest BCUT2D eigenvalue weighted by Crippen LogP contribution is 2.18. The molecule has 0 fully saturated rings. The predicted molar refractivity (Wildman–Crippen MR) is 65.7 cm³/mol. The number of allylic oxidation sites excluding steroid dienone is 2. The van der Waals surface area contributed by atoms with Crippen LogP contribution in [0.4, 0.5) is 0 Å². The summed E-state index contributed by atoms with van der Waals surface area (Å²) >= 11 is 0. The number of hydrogen-bond donors (Lipinski definition) is 0. The highest BCUT2D eigenvalue weighted by Gasteiger charge is 2.26. The molecule has 0 saturated carbocycles. The number of nitrogens with zero attached hydrogens (tertiary/aromatic N) is 1. The molecule has 0 radical (unpaired) electrons. The summed E-state index contributed by atoms with van der Waals surface area (Å²) in [6.07, 6.45) is 10.7. The quantitative estimate of drug-likeness (QED) is 0.570. The van der Waals surface area contributed by atoms with Gasteiger partial charge in [-0.3, -0.25) is 0 Å². The maximum absolute atomic E-state index is 2.24. The fraction of sp³-hybridized carbons (Fsp3) is 0.0769. The van der Waals surface area contributed by atoms with Gasteiger partial charge in [0, 0.05) is 0 Å². The number of rotatable bonds is 0. The van der Waals surface area contributed by atoms with E-state index >= 15 is 0 Å². The van der Waals surface area contributed by atoms with E-state index in [9.17, 15) is 0 Å². The Hall–Kier alpha value is -1.70. The van der Waals surface area contributed by atoms with Crippen molar-refractivity contribution in [1.82, 2.24) is 4.81 Å². The molecule has 2 aliphatic rings. The Morgan fingerprint density at radius 1 is 1.13 bits per heavy atom. The lowest BCUT2D eigenvalue weighted by molar-refractivity contribution is 0.797. The van der Waals surface area contributed by atoms with Crippen molar-refractivity contribution < 1.29 is 0 Å². The van der Waals surface area contributed by atoms with Crippen molar-refractivity contribution in [3.8, 4) is 0 Å². The molecule has 1 aromatic rings. The molecule has 2 heterocycles. The number of fused-ring (bicyclic) bond motifs is 3. The van der Waals surface area contributed by atoms with Crippen LogP contribution in [-0.4, -0.2) is 11.7 Å². The molecule has 2 heteroatoms. The first-order chi connectivity index (χ1) is 7.36. The molecule has 0 saturated heterocycles. The molecule has 0 atom stereocenters. The van der Waals surface area contributed by atoms with Gasteiger partial charge in [-0.2, -0.15) is 0 Å². The summed E-state index contributed by atoms with van der Waals surface area (Å²) in [6.45, 7) is 2.55. The molecule has 2 aliphatic heterocycles. The van der Waals surface area contributed by atoms with Crippen LogP contribution in [0.25, 0.3) is 6.08 Å². The van der Waals surface area contributed by atoms with Gasteiger partial charge in [-0.15, -0.1) is 0 Å². The first-order valence-corrected chi connectivity index (χ1v) is 5.26. The van der Waals surface area contributed by atoms with Crippen molar-refractivity contribution in [2.24, 2.45) is 0 Å². The molecule has 72 valence electrons. The van der Waals surface area contributed by atoms with E-state index in [2.05, 4.69) is 66.5 Å². The lowest BCUT2D eigenvalue weighted by atomic mass is 9.51. The normalized spacial score (nSPS) is 16.6. The molecule has 0 bridgehead atoms. The van der Waals surface area contributed by atoms with Gasteiger partial charge in [0.05, 0.1) is 0 Å². The average molecular weight is 193 g/mol. The van der Waals surface area contributed by atoms with Crippen molar-refractivity contribution in [2.45, 2.75) is 6.92 Å². The van der Waals surface area contributed by atoms with Crippen molar-refractivity contribution in [3.63, 3.8) is 0 Å². The highest BCUT2D eigenvalue weighted by molar-refractivity contribution is 6.77. The fourth-order valence-electron chi connectivity index (χ4n) is 2.27. The average Bonchev–Trinajstić information content (AvgIpc) is 2.29. The minimum absolute atomic E-state index is 0.384. The largest absolute Gasteiger partial charge is 0.389 e. The van der Waals surface area contributed by atoms with Gasteiger partial charge in [-0.25, -0.2) is 0 Å². The van der Waals surface area contributed by atoms with Crippen molar-refractivity contribution in [2.75, 3.05) is 0 Å². The SMILES string of the molecule is Cc1cccc2c1C=CN1C=CC=CB21. The second kappa shape index (κ2) is 3.16. The first kappa shape index (κ1) is 8.60. The van der Waals surface area contributed by atoms with Crippen molar-refractivity contribution in [3.05, 3.63) is 59.9 Å². The van der Waals surface area contributed by atoms with Crippen LogP contribution in [0.2, 0.25) is 0 Å². The summed E-state index contributed by atoms with van der Waals surface area (Å²) in [7, 11) is 0. The van der Waals surface area contributed by atoms with Crippen LogP contribution in [0.3, 0.4) is 0 Å². The Morgan fingerprint density at radius 2 is 2.07 bits per heavy atom. The maximum atomic E-state index is 2.24. The zero-order chi connectivity index (χ0) is 10.3. The van der Waals surface area contributed by atoms with Gasteiger partial charge in [-0.05, 0) is 48.1 Å². The summed E-state index contributed by atoms with van der Waals surface area (Å²) in [5, 5.41) is 0. The molecule has 0 spiro atoms. The van der Waals surface area contributed by atoms with Crippen molar-refractivity contribution in [1.29, 1.82) is 0 Å². The van der Waals surface area contributed by atoms with Gasteiger partial charge >= 0.3 is 6.85 Å². The van der Waals surface area contributed by atoms with Gasteiger partial charge in [0.15, 0.2) is 0 Å². The van der Waals surface area contributed by atoms with E-state index in [1.165, 1.54) is 16.6 Å². The lowest BCUT2D eigenvalue weighted by Gasteiger charge is -2.29. The summed E-state index contributed by atoms with van der Waals surface area (Å²) in [5.74, 6) is 2.24. The topological polar surface area (TPSA) is 3.24 Å². The zero-order valence-electron chi connectivity index (χ0n) is 8.72. The number of benzene rings is 1. The third-order valence-corrected chi connectivity index (χ3v) is 3.07. The molecule has 0 unspecified atom stereocenters. The Bertz CT molecular complexity index is 485. The molecular formula is C13H12BN. The van der Waals surface area contributed by atoms with E-state index in [0.29, 0.717) is 6.85 Å². The van der Waals surface area contributed by atoms with Crippen LogP contribution < -0.4 is 5.46 Å². The van der Waals surface area contributed by atoms with E-state index in [4.69, 9.17) is 0 Å². The Balaban J connectivity index is 2.18. The molecule has 0 N–H and O–H groups in total. The smallest absolute Gasteiger partial charge is 0.320 e. The monoisotopic (exact) mass is 193 g/mol. The molecule has 0 amide bonds. The van der Waals surface area contributed by atoms with Gasteiger partial charge < -0.3 is 4.81 Å². The van der Waals surface area contributed by atoms with Crippen molar-refractivity contribution >= 4 is 18.4 Å². The molecular weight excluding hydrogens is 181 g/mol. The Kier molecular flexibility index (Phi) is 1.81. The Morgan fingerprint density at radius 3 is 3.00 bits per heavy atom. The number of hydrogen-bond acceptors (Lipinski definition) is 1. The van der Waals surface area contributed by atoms with Crippen LogP contribution in [0.15, 0.2) is 48.7 Å². The van der Waals surface area contributed by atoms with E-state index < -0.39 is 0 Å². The lowest BCUT2D eigenvalue weighted by Crippen LogP contribution is -2.45. The standard InChI is InChI=1S/C13H12BN/c1-11-5-4-6-13-12(11)7-10-15-9-3-2-8-14(13)15/h2-10H,1H3. The second-order valence-electron chi connectivity index (χ2n) is 4.01. The van der Waals surface area contributed by atoms with Gasteiger partial charge in [0.2, 0.25) is 0 Å². The minimum atomic E-state index is 0.384. The van der Waals surface area contributed by atoms with Crippen LogP contribution in [0.5, 0.6) is 0 Å². The first-order valence-electron chi connectivity index (χ1n) is 5.26. The molecule has 15 heavy (non-hydrogen) atoms. The van der Waals surface area contributed by atoms with E-state index in [1.807, 2.05) is 0 Å². The Labute approximate surface area is 90.5 Å². The predicted octanol–water partition coefficient (Wildman–Crippen LogP) is 2.10. The van der Waals surface area contributed by atoms with Gasteiger partial charge in [-0.1, -0.05) is 30.3 Å². The van der Waals surface area contributed by atoms with Crippen LogP contribution in [-0.2, 0) is 0 Å². The minimum Gasteiger partial charge on any atom is -0.389 e. The summed E-state index contributed by atoms with van der Waals surface area (Å²) in [6, 6.07) is 6.52. The zero-order valence-corrected chi connectivity index (χ0v) is 8.72. The van der Waals surface area contributed by atoms with Crippen LogP contribution in [0.1, 0.15) is 11.1 Å². The number of aryl methyl sites for hydroxylation is 1. The summed E-state index contributed by atoms with van der Waals surface area (Å²) < 4.78 is 0.